The van der Waals surface area contributed by atoms with Crippen molar-refractivity contribution in [3.63, 3.8) is 0 Å². The minimum Gasteiger partial charge on any atom is -0.545 e. The molecule has 0 unspecified atom stereocenters. The minimum absolute atomic E-state index is 0. The van der Waals surface area contributed by atoms with Crippen LogP contribution in [0.5, 0.6) is 0 Å². The summed E-state index contributed by atoms with van der Waals surface area (Å²) in [5.74, 6) is -5.88. The number of carboxylic acid groups (broad SMARTS) is 4. The zero-order valence-corrected chi connectivity index (χ0v) is 34.1. The van der Waals surface area contributed by atoms with Gasteiger partial charge in [0.25, 0.3) is 0 Å². The van der Waals surface area contributed by atoms with Crippen molar-refractivity contribution < 1.29 is 187 Å². The Kier molecular flexibility index (Phi) is 20.3. The van der Waals surface area contributed by atoms with Crippen molar-refractivity contribution >= 4 is 51.9 Å². The summed E-state index contributed by atoms with van der Waals surface area (Å²) in [6.45, 7) is 0. The van der Waals surface area contributed by atoms with Gasteiger partial charge in [-0.3, -0.25) is 0 Å². The first-order chi connectivity index (χ1) is 17.6. The standard InChI is InChI=1S/C28H20BO8.5Na/c30-25(31)17-5-1-9-21(13-17)29(22-10-2-6-18(14-22)26(32)33,23-11-3-7-19(15-23)27(34)35)24-12-4-8-20(16-24)28(36)37;;;;;/h1-16H,(H,30,31)(H,32,33)(H,34,35)(H,36,37);;;;;/q-1;5*+1/p-4. The SMILES string of the molecule is O=C([O-])c1cccc([B-](c2cccc(C(=O)[O-])c2)(c2cccc(C(=O)[O-])c2)c2cccc(C(=O)[O-])c2)c1.[Na+].[Na+].[Na+].[Na+].[Na+]. The molecule has 0 saturated heterocycles. The molecule has 0 amide bonds. The van der Waals surface area contributed by atoms with Crippen LogP contribution in [-0.2, 0) is 0 Å². The third kappa shape index (κ3) is 9.42. The molecule has 14 heteroatoms. The third-order valence-electron chi connectivity index (χ3n) is 6.49. The van der Waals surface area contributed by atoms with Gasteiger partial charge in [-0.25, -0.2) is 0 Å². The quantitative estimate of drug-likeness (QED) is 0.179. The van der Waals surface area contributed by atoms with Crippen LogP contribution in [0.3, 0.4) is 0 Å². The van der Waals surface area contributed by atoms with Crippen molar-refractivity contribution in [1.29, 1.82) is 0 Å². The number of rotatable bonds is 8. The van der Waals surface area contributed by atoms with Crippen LogP contribution >= 0.6 is 0 Å². The monoisotopic (exact) mass is 606 g/mol. The smallest absolute Gasteiger partial charge is 0.545 e. The number of carbonyl (C=O) groups excluding carboxylic acids is 4. The van der Waals surface area contributed by atoms with Crippen LogP contribution in [0.2, 0.25) is 0 Å². The number of carbonyl (C=O) groups is 4. The summed E-state index contributed by atoms with van der Waals surface area (Å²) in [6.07, 6.45) is -2.57. The molecule has 8 nitrogen and oxygen atoms in total. The van der Waals surface area contributed by atoms with Crippen LogP contribution in [0.1, 0.15) is 41.4 Å². The first kappa shape index (κ1) is 44.0. The van der Waals surface area contributed by atoms with Gasteiger partial charge in [-0.15, -0.1) is 0 Å². The molecule has 0 fully saturated rings. The molecule has 4 aromatic carbocycles. The molecular weight excluding hydrogens is 590 g/mol. The molecule has 0 saturated carbocycles. The van der Waals surface area contributed by atoms with Crippen LogP contribution in [0.15, 0.2) is 97.1 Å². The van der Waals surface area contributed by atoms with E-state index in [1.54, 1.807) is 24.3 Å². The molecule has 0 atom stereocenters. The summed E-state index contributed by atoms with van der Waals surface area (Å²) in [4.78, 5) is 47.0. The van der Waals surface area contributed by atoms with Gasteiger partial charge in [0.1, 0.15) is 6.15 Å². The fourth-order valence-electron chi connectivity index (χ4n) is 4.89. The van der Waals surface area contributed by atoms with Gasteiger partial charge < -0.3 is 39.6 Å². The van der Waals surface area contributed by atoms with Crippen LogP contribution in [0, 0.1) is 0 Å². The maximum Gasteiger partial charge on any atom is 1.00 e. The number of benzene rings is 4. The van der Waals surface area contributed by atoms with Crippen LogP contribution in [0.4, 0.5) is 0 Å². The maximum atomic E-state index is 11.8. The van der Waals surface area contributed by atoms with E-state index in [0.29, 0.717) is 21.9 Å². The van der Waals surface area contributed by atoms with Crippen molar-refractivity contribution in [2.45, 2.75) is 0 Å². The molecule has 184 valence electrons. The molecule has 0 radical (unpaired) electrons. The Morgan fingerprint density at radius 1 is 0.381 bits per heavy atom. The summed E-state index contributed by atoms with van der Waals surface area (Å²) in [5, 5.41) is 47.0. The van der Waals surface area contributed by atoms with E-state index < -0.39 is 30.0 Å². The van der Waals surface area contributed by atoms with Gasteiger partial charge in [-0.1, -0.05) is 97.1 Å². The zero-order chi connectivity index (χ0) is 26.7. The molecule has 0 aliphatic rings. The Morgan fingerprint density at radius 3 is 0.738 bits per heavy atom. The number of aromatic carboxylic acids is 4. The summed E-state index contributed by atoms with van der Waals surface area (Å²) in [6, 6.07) is 22.8. The molecule has 0 aliphatic heterocycles. The summed E-state index contributed by atoms with van der Waals surface area (Å²) >= 11 is 0. The Bertz CT molecular complexity index is 1350. The maximum absolute atomic E-state index is 11.8. The van der Waals surface area contributed by atoms with Gasteiger partial charge in [0.2, 0.25) is 0 Å². The van der Waals surface area contributed by atoms with Crippen molar-refractivity contribution in [1.82, 2.24) is 0 Å². The van der Waals surface area contributed by atoms with Crippen LogP contribution in [-0.4, -0.2) is 30.0 Å². The number of carboxylic acids is 4. The van der Waals surface area contributed by atoms with E-state index >= 15 is 0 Å². The average molecular weight is 606 g/mol. The molecule has 4 aromatic rings. The molecule has 0 heterocycles. The van der Waals surface area contributed by atoms with Gasteiger partial charge in [0.05, 0.1) is 23.9 Å². The summed E-state index contributed by atoms with van der Waals surface area (Å²) in [5.41, 5.74) is 0.593. The van der Waals surface area contributed by atoms with Gasteiger partial charge in [0.15, 0.2) is 0 Å². The van der Waals surface area contributed by atoms with Crippen LogP contribution in [0.25, 0.3) is 0 Å². The normalized spacial score (nSPS) is 9.71. The molecule has 0 aliphatic carbocycles. The predicted molar refractivity (Wildman–Crippen MR) is 127 cm³/mol. The first-order valence-electron chi connectivity index (χ1n) is 11.1. The third-order valence-corrected chi connectivity index (χ3v) is 6.49. The molecule has 0 aromatic heterocycles. The van der Waals surface area contributed by atoms with Crippen molar-refractivity contribution in [3.05, 3.63) is 119 Å². The van der Waals surface area contributed by atoms with Gasteiger partial charge >= 0.3 is 148 Å². The second-order valence-corrected chi connectivity index (χ2v) is 8.52. The Hall–Kier alpha value is -0.175. The second-order valence-electron chi connectivity index (χ2n) is 8.52. The van der Waals surface area contributed by atoms with Gasteiger partial charge in [-0.2, -0.15) is 21.9 Å². The summed E-state index contributed by atoms with van der Waals surface area (Å²) < 4.78 is 0. The van der Waals surface area contributed by atoms with E-state index in [1.165, 1.54) is 72.8 Å². The minimum atomic E-state index is -2.57. The molecular formula is C28H16BNa5O8. The topological polar surface area (TPSA) is 161 Å². The van der Waals surface area contributed by atoms with E-state index in [-0.39, 0.29) is 170 Å². The van der Waals surface area contributed by atoms with E-state index in [0.717, 1.165) is 0 Å². The largest absolute Gasteiger partial charge is 1.00 e. The number of hydrogen-bond acceptors (Lipinski definition) is 8. The second kappa shape index (κ2) is 19.4. The van der Waals surface area contributed by atoms with Crippen molar-refractivity contribution in [3.8, 4) is 0 Å². The van der Waals surface area contributed by atoms with E-state index in [1.807, 2.05) is 0 Å². The predicted octanol–water partition coefficient (Wildman–Crippen LogP) is -18.5. The molecule has 0 bridgehead atoms. The van der Waals surface area contributed by atoms with Crippen molar-refractivity contribution in [2.75, 3.05) is 0 Å². The molecule has 4 rings (SSSR count). The fourth-order valence-corrected chi connectivity index (χ4v) is 4.89. The molecule has 0 N–H and O–H groups in total. The van der Waals surface area contributed by atoms with Gasteiger partial charge in [0, 0.05) is 0 Å². The summed E-state index contributed by atoms with van der Waals surface area (Å²) in [7, 11) is 0. The number of hydrogen-bond donors (Lipinski definition) is 0. The van der Waals surface area contributed by atoms with E-state index in [2.05, 4.69) is 0 Å². The Morgan fingerprint density at radius 2 is 0.571 bits per heavy atom. The first-order valence-corrected chi connectivity index (χ1v) is 11.1. The average Bonchev–Trinajstić information content (AvgIpc) is 2.90. The van der Waals surface area contributed by atoms with Crippen LogP contribution < -0.4 is 190 Å². The van der Waals surface area contributed by atoms with Gasteiger partial charge in [-0.05, 0) is 22.3 Å². The zero-order valence-electron chi connectivity index (χ0n) is 24.1. The van der Waals surface area contributed by atoms with E-state index in [4.69, 9.17) is 0 Å². The Balaban J connectivity index is 0. The Labute approximate surface area is 353 Å². The molecule has 0 spiro atoms. The van der Waals surface area contributed by atoms with E-state index in [9.17, 15) is 39.6 Å². The fraction of sp³-hybridized carbons (Fsp3) is 0. The van der Waals surface area contributed by atoms with Crippen molar-refractivity contribution in [2.24, 2.45) is 0 Å². The molecule has 42 heavy (non-hydrogen) atoms.